The summed E-state index contributed by atoms with van der Waals surface area (Å²) in [6.07, 6.45) is 1.06. The van der Waals surface area contributed by atoms with E-state index in [1.807, 2.05) is 0 Å². The molecule has 1 unspecified atom stereocenters. The molecule has 0 aliphatic rings. The summed E-state index contributed by atoms with van der Waals surface area (Å²) >= 11 is 6.05. The van der Waals surface area contributed by atoms with Gasteiger partial charge in [-0.05, 0) is 49.2 Å². The van der Waals surface area contributed by atoms with Gasteiger partial charge in [-0.3, -0.25) is 9.10 Å². The van der Waals surface area contributed by atoms with Crippen LogP contribution in [0.15, 0.2) is 36.4 Å². The van der Waals surface area contributed by atoms with Crippen LogP contribution >= 0.6 is 11.6 Å². The monoisotopic (exact) mass is 440 g/mol. The Balaban J connectivity index is 2.23. The highest BCUT2D eigenvalue weighted by Gasteiger charge is 2.30. The first-order valence-corrected chi connectivity index (χ1v) is 11.0. The van der Waals surface area contributed by atoms with E-state index in [1.165, 1.54) is 20.1 Å². The number of carbonyl (C=O) groups excluding carboxylic acids is 1. The second kappa shape index (κ2) is 9.37. The van der Waals surface area contributed by atoms with E-state index in [-0.39, 0.29) is 6.54 Å². The minimum Gasteiger partial charge on any atom is -0.493 e. The second-order valence-corrected chi connectivity index (χ2v) is 8.87. The van der Waals surface area contributed by atoms with Crippen molar-refractivity contribution in [2.45, 2.75) is 26.4 Å². The number of anilines is 1. The molecular weight excluding hydrogens is 416 g/mol. The van der Waals surface area contributed by atoms with E-state index >= 15 is 0 Å². The van der Waals surface area contributed by atoms with E-state index in [1.54, 1.807) is 44.4 Å². The highest BCUT2D eigenvalue weighted by molar-refractivity contribution is 7.92. The Hall–Kier alpha value is -2.45. The Morgan fingerprint density at radius 2 is 1.79 bits per heavy atom. The maximum atomic E-state index is 12.7. The molecule has 2 aromatic carbocycles. The maximum Gasteiger partial charge on any atom is 0.243 e. The number of hydrogen-bond acceptors (Lipinski definition) is 5. The molecule has 7 nitrogen and oxygen atoms in total. The Morgan fingerprint density at radius 3 is 2.38 bits per heavy atom. The molecule has 0 saturated heterocycles. The zero-order chi connectivity index (χ0) is 21.8. The number of methoxy groups -OCH3 is 2. The number of sulfonamides is 1. The molecule has 0 aliphatic carbocycles. The third kappa shape index (κ3) is 5.55. The fourth-order valence-corrected chi connectivity index (χ4v) is 4.32. The molecule has 0 fully saturated rings. The van der Waals surface area contributed by atoms with Gasteiger partial charge in [0.2, 0.25) is 15.9 Å². The number of halogens is 1. The van der Waals surface area contributed by atoms with E-state index in [9.17, 15) is 13.2 Å². The van der Waals surface area contributed by atoms with Gasteiger partial charge in [-0.15, -0.1) is 0 Å². The summed E-state index contributed by atoms with van der Waals surface area (Å²) in [7, 11) is -0.659. The number of amides is 1. The average molecular weight is 441 g/mol. The number of nitrogens with zero attached hydrogens (tertiary/aromatic N) is 1. The highest BCUT2D eigenvalue weighted by atomic mass is 35.5. The van der Waals surface area contributed by atoms with Gasteiger partial charge in [0.25, 0.3) is 0 Å². The van der Waals surface area contributed by atoms with Gasteiger partial charge in [-0.1, -0.05) is 23.7 Å². The van der Waals surface area contributed by atoms with Crippen LogP contribution in [0.3, 0.4) is 0 Å². The van der Waals surface area contributed by atoms with Crippen molar-refractivity contribution in [3.8, 4) is 11.5 Å². The Morgan fingerprint density at radius 1 is 1.14 bits per heavy atom. The average Bonchev–Trinajstić information content (AvgIpc) is 2.67. The van der Waals surface area contributed by atoms with Crippen LogP contribution in [0.5, 0.6) is 11.5 Å². The largest absolute Gasteiger partial charge is 0.493 e. The van der Waals surface area contributed by atoms with Crippen LogP contribution in [-0.4, -0.2) is 40.8 Å². The highest BCUT2D eigenvalue weighted by Crippen LogP contribution is 2.29. The standard InChI is InChI=1S/C20H25ClN2O5S/c1-13-6-8-16(21)11-17(13)23(29(5,25)26)14(2)20(24)22-12-15-7-9-18(27-3)19(10-15)28-4/h6-11,14H,12H2,1-5H3,(H,22,24). The van der Waals surface area contributed by atoms with Gasteiger partial charge in [-0.2, -0.15) is 0 Å². The number of nitrogens with one attached hydrogen (secondary N) is 1. The summed E-state index contributed by atoms with van der Waals surface area (Å²) in [4.78, 5) is 12.7. The van der Waals surface area contributed by atoms with Gasteiger partial charge < -0.3 is 14.8 Å². The number of rotatable bonds is 8. The molecule has 0 aromatic heterocycles. The molecule has 0 aliphatic heterocycles. The minimum absolute atomic E-state index is 0.204. The smallest absolute Gasteiger partial charge is 0.243 e. The van der Waals surface area contributed by atoms with Crippen LogP contribution < -0.4 is 19.1 Å². The molecule has 0 radical (unpaired) electrons. The number of ether oxygens (including phenoxy) is 2. The number of aryl methyl sites for hydroxylation is 1. The predicted octanol–water partition coefficient (Wildman–Crippen LogP) is 3.14. The topological polar surface area (TPSA) is 84.9 Å². The van der Waals surface area contributed by atoms with E-state index in [4.69, 9.17) is 21.1 Å². The van der Waals surface area contributed by atoms with Crippen LogP contribution in [-0.2, 0) is 21.4 Å². The van der Waals surface area contributed by atoms with Gasteiger partial charge in [0.15, 0.2) is 11.5 Å². The van der Waals surface area contributed by atoms with E-state index in [0.29, 0.717) is 27.8 Å². The maximum absolute atomic E-state index is 12.7. The molecule has 158 valence electrons. The van der Waals surface area contributed by atoms with Crippen LogP contribution in [0, 0.1) is 6.92 Å². The Kier molecular flexibility index (Phi) is 7.37. The molecule has 2 aromatic rings. The van der Waals surface area contributed by atoms with Crippen LogP contribution in [0.1, 0.15) is 18.1 Å². The van der Waals surface area contributed by atoms with Gasteiger partial charge in [-0.25, -0.2) is 8.42 Å². The molecule has 1 N–H and O–H groups in total. The summed E-state index contributed by atoms with van der Waals surface area (Å²) in [6, 6.07) is 9.23. The molecule has 1 amide bonds. The van der Waals surface area contributed by atoms with Crippen molar-refractivity contribution in [3.05, 3.63) is 52.5 Å². The zero-order valence-electron chi connectivity index (χ0n) is 17.0. The molecule has 9 heteroatoms. The lowest BCUT2D eigenvalue weighted by molar-refractivity contribution is -0.122. The van der Waals surface area contributed by atoms with Crippen molar-refractivity contribution in [2.24, 2.45) is 0 Å². The molecular formula is C20H25ClN2O5S. The SMILES string of the molecule is COc1ccc(CNC(=O)C(C)N(c2cc(Cl)ccc2C)S(C)(=O)=O)cc1OC. The molecule has 2 rings (SSSR count). The van der Waals surface area contributed by atoms with E-state index in [2.05, 4.69) is 5.32 Å². The Bertz CT molecular complexity index is 994. The summed E-state index contributed by atoms with van der Waals surface area (Å²) in [5.41, 5.74) is 1.85. The lowest BCUT2D eigenvalue weighted by Gasteiger charge is -2.29. The Labute approximate surface area is 176 Å². The quantitative estimate of drug-likeness (QED) is 0.681. The van der Waals surface area contributed by atoms with Crippen LogP contribution in [0.25, 0.3) is 0 Å². The van der Waals surface area contributed by atoms with Crippen LogP contribution in [0.2, 0.25) is 5.02 Å². The molecule has 29 heavy (non-hydrogen) atoms. The van der Waals surface area contributed by atoms with Crippen molar-refractivity contribution in [2.75, 3.05) is 24.8 Å². The second-order valence-electron chi connectivity index (χ2n) is 6.57. The summed E-state index contributed by atoms with van der Waals surface area (Å²) in [5.74, 6) is 0.680. The van der Waals surface area contributed by atoms with Crippen molar-refractivity contribution >= 4 is 33.2 Å². The van der Waals surface area contributed by atoms with Crippen molar-refractivity contribution in [1.82, 2.24) is 5.32 Å². The molecule has 1 atom stereocenters. The lowest BCUT2D eigenvalue weighted by atomic mass is 10.1. The number of hydrogen-bond donors (Lipinski definition) is 1. The van der Waals surface area contributed by atoms with E-state index < -0.39 is 22.0 Å². The summed E-state index contributed by atoms with van der Waals surface area (Å²) in [6.45, 7) is 3.50. The number of carbonyl (C=O) groups is 1. The van der Waals surface area contributed by atoms with Gasteiger partial charge in [0, 0.05) is 11.6 Å². The minimum atomic E-state index is -3.73. The van der Waals surface area contributed by atoms with E-state index in [0.717, 1.165) is 16.1 Å². The van der Waals surface area contributed by atoms with Gasteiger partial charge in [0.05, 0.1) is 26.2 Å². The first-order valence-electron chi connectivity index (χ1n) is 8.82. The molecule has 0 saturated carbocycles. The predicted molar refractivity (Wildman–Crippen MR) is 114 cm³/mol. The third-order valence-electron chi connectivity index (χ3n) is 4.41. The first-order chi connectivity index (χ1) is 13.6. The lowest BCUT2D eigenvalue weighted by Crippen LogP contribution is -2.48. The van der Waals surface area contributed by atoms with Crippen molar-refractivity contribution in [1.29, 1.82) is 0 Å². The van der Waals surface area contributed by atoms with Gasteiger partial charge in [0.1, 0.15) is 6.04 Å². The number of benzene rings is 2. The van der Waals surface area contributed by atoms with Crippen LogP contribution in [0.4, 0.5) is 5.69 Å². The van der Waals surface area contributed by atoms with Crippen molar-refractivity contribution in [3.63, 3.8) is 0 Å². The normalized spacial score (nSPS) is 12.2. The summed E-state index contributed by atoms with van der Waals surface area (Å²) < 4.78 is 36.4. The summed E-state index contributed by atoms with van der Waals surface area (Å²) in [5, 5.41) is 3.16. The molecule has 0 spiro atoms. The van der Waals surface area contributed by atoms with Gasteiger partial charge >= 0.3 is 0 Å². The molecule has 0 bridgehead atoms. The molecule has 0 heterocycles. The zero-order valence-corrected chi connectivity index (χ0v) is 18.6. The first kappa shape index (κ1) is 22.8. The fraction of sp³-hybridized carbons (Fsp3) is 0.350. The third-order valence-corrected chi connectivity index (χ3v) is 5.87. The fourth-order valence-electron chi connectivity index (χ4n) is 2.93. The van der Waals surface area contributed by atoms with Crippen molar-refractivity contribution < 1.29 is 22.7 Å².